The summed E-state index contributed by atoms with van der Waals surface area (Å²) in [6.07, 6.45) is 0.775. The van der Waals surface area contributed by atoms with Gasteiger partial charge in [-0.1, -0.05) is 32.0 Å². The van der Waals surface area contributed by atoms with Crippen molar-refractivity contribution in [1.29, 1.82) is 0 Å². The normalized spacial score (nSPS) is 26.6. The molecule has 0 radical (unpaired) electrons. The minimum absolute atomic E-state index is 0.125. The highest BCUT2D eigenvalue weighted by Crippen LogP contribution is 2.40. The first-order valence-electron chi connectivity index (χ1n) is 6.15. The van der Waals surface area contributed by atoms with E-state index < -0.39 is 5.54 Å². The van der Waals surface area contributed by atoms with Gasteiger partial charge < -0.3 is 11.1 Å². The number of para-hydroxylation sites is 1. The van der Waals surface area contributed by atoms with Gasteiger partial charge in [0.25, 0.3) is 0 Å². The summed E-state index contributed by atoms with van der Waals surface area (Å²) < 4.78 is 0. The molecule has 2 rings (SSSR count). The van der Waals surface area contributed by atoms with Crippen LogP contribution in [0.4, 0.5) is 5.69 Å². The van der Waals surface area contributed by atoms with E-state index in [4.69, 9.17) is 5.73 Å². The Kier molecular flexibility index (Phi) is 3.57. The molecule has 3 nitrogen and oxygen atoms in total. The van der Waals surface area contributed by atoms with E-state index in [9.17, 15) is 4.79 Å². The highest BCUT2D eigenvalue weighted by molar-refractivity contribution is 7.99. The molecule has 0 aromatic heterocycles. The highest BCUT2D eigenvalue weighted by atomic mass is 32.2. The second-order valence-corrected chi connectivity index (χ2v) is 6.76. The second kappa shape index (κ2) is 4.84. The molecule has 98 valence electrons. The van der Waals surface area contributed by atoms with Crippen molar-refractivity contribution >= 4 is 23.4 Å². The molecule has 1 aliphatic heterocycles. The maximum atomic E-state index is 11.9. The zero-order valence-corrected chi connectivity index (χ0v) is 11.7. The van der Waals surface area contributed by atoms with E-state index >= 15 is 0 Å². The van der Waals surface area contributed by atoms with Crippen LogP contribution >= 0.6 is 11.8 Å². The molecule has 1 saturated heterocycles. The molecular weight excluding hydrogens is 244 g/mol. The number of carbonyl (C=O) groups excluding carboxylic acids is 1. The summed E-state index contributed by atoms with van der Waals surface area (Å²) in [6.45, 7) is 4.37. The minimum atomic E-state index is -0.631. The average molecular weight is 264 g/mol. The van der Waals surface area contributed by atoms with Crippen LogP contribution in [0.3, 0.4) is 0 Å². The summed E-state index contributed by atoms with van der Waals surface area (Å²) in [7, 11) is 0. The van der Waals surface area contributed by atoms with Crippen molar-refractivity contribution in [2.45, 2.75) is 25.8 Å². The van der Waals surface area contributed by atoms with Crippen molar-refractivity contribution in [3.05, 3.63) is 30.3 Å². The Hall–Kier alpha value is -1.16. The van der Waals surface area contributed by atoms with Crippen molar-refractivity contribution in [2.24, 2.45) is 11.1 Å². The van der Waals surface area contributed by atoms with E-state index in [-0.39, 0.29) is 11.3 Å². The third-order valence-electron chi connectivity index (χ3n) is 3.25. The zero-order valence-electron chi connectivity index (χ0n) is 10.9. The van der Waals surface area contributed by atoms with Gasteiger partial charge in [0.15, 0.2) is 0 Å². The van der Waals surface area contributed by atoms with E-state index in [0.29, 0.717) is 0 Å². The van der Waals surface area contributed by atoms with Crippen LogP contribution in [0, 0.1) is 5.41 Å². The van der Waals surface area contributed by atoms with Crippen molar-refractivity contribution in [3.63, 3.8) is 0 Å². The molecule has 1 aromatic rings. The number of nitrogens with two attached hydrogens (primary N) is 1. The van der Waals surface area contributed by atoms with E-state index in [1.54, 1.807) is 11.8 Å². The maximum absolute atomic E-state index is 11.9. The number of benzene rings is 1. The monoisotopic (exact) mass is 264 g/mol. The fourth-order valence-electron chi connectivity index (χ4n) is 2.52. The van der Waals surface area contributed by atoms with E-state index in [0.717, 1.165) is 23.6 Å². The molecule has 4 heteroatoms. The maximum Gasteiger partial charge on any atom is 0.243 e. The number of hydrogen-bond donors (Lipinski definition) is 2. The van der Waals surface area contributed by atoms with Crippen LogP contribution in [-0.2, 0) is 4.79 Å². The quantitative estimate of drug-likeness (QED) is 0.882. The Morgan fingerprint density at radius 1 is 1.28 bits per heavy atom. The number of hydrogen-bond acceptors (Lipinski definition) is 3. The lowest BCUT2D eigenvalue weighted by atomic mass is 9.79. The Morgan fingerprint density at radius 2 is 1.94 bits per heavy atom. The first-order chi connectivity index (χ1) is 8.44. The predicted molar refractivity (Wildman–Crippen MR) is 77.7 cm³/mol. The Balaban J connectivity index is 2.25. The van der Waals surface area contributed by atoms with Gasteiger partial charge in [-0.05, 0) is 29.7 Å². The molecule has 1 amide bonds. The number of nitrogens with one attached hydrogen (secondary N) is 1. The molecule has 1 unspecified atom stereocenters. The molecule has 1 atom stereocenters. The minimum Gasteiger partial charge on any atom is -0.371 e. The molecule has 0 spiro atoms. The third-order valence-corrected chi connectivity index (χ3v) is 4.93. The van der Waals surface area contributed by atoms with Crippen LogP contribution in [0.25, 0.3) is 0 Å². The molecule has 0 saturated carbocycles. The van der Waals surface area contributed by atoms with Crippen LogP contribution in [0.5, 0.6) is 0 Å². The van der Waals surface area contributed by atoms with Crippen LogP contribution in [-0.4, -0.2) is 23.0 Å². The lowest BCUT2D eigenvalue weighted by Gasteiger charge is -2.43. The Labute approximate surface area is 113 Å². The van der Waals surface area contributed by atoms with E-state index in [1.807, 2.05) is 30.3 Å². The second-order valence-electron chi connectivity index (χ2n) is 5.77. The van der Waals surface area contributed by atoms with Crippen molar-refractivity contribution in [3.8, 4) is 0 Å². The lowest BCUT2D eigenvalue weighted by molar-refractivity contribution is -0.122. The highest BCUT2D eigenvalue weighted by Gasteiger charge is 2.44. The van der Waals surface area contributed by atoms with Crippen LogP contribution in [0.2, 0.25) is 0 Å². The predicted octanol–water partition coefficient (Wildman–Crippen LogP) is 2.49. The number of thioether (sulfide) groups is 1. The van der Waals surface area contributed by atoms with Gasteiger partial charge in [0.1, 0.15) is 5.54 Å². The summed E-state index contributed by atoms with van der Waals surface area (Å²) in [6, 6.07) is 9.81. The number of anilines is 1. The topological polar surface area (TPSA) is 55.1 Å². The first-order valence-corrected chi connectivity index (χ1v) is 7.30. The molecule has 0 aliphatic carbocycles. The first kappa shape index (κ1) is 13.3. The summed E-state index contributed by atoms with van der Waals surface area (Å²) in [5, 5.41) is 3.35. The van der Waals surface area contributed by atoms with E-state index in [1.165, 1.54) is 0 Å². The molecular formula is C14H20N2OS. The Bertz CT molecular complexity index is 433. The standard InChI is InChI=1S/C14H20N2OS/c1-13(2)8-14(12(15)17,10-18-9-13)16-11-6-4-3-5-7-11/h3-7,16H,8-10H2,1-2H3,(H2,15,17). The Morgan fingerprint density at radius 3 is 2.50 bits per heavy atom. The van der Waals surface area contributed by atoms with E-state index in [2.05, 4.69) is 19.2 Å². The largest absolute Gasteiger partial charge is 0.371 e. The van der Waals surface area contributed by atoms with Gasteiger partial charge in [-0.15, -0.1) is 0 Å². The molecule has 18 heavy (non-hydrogen) atoms. The molecule has 1 aromatic carbocycles. The average Bonchev–Trinajstić information content (AvgIpc) is 2.28. The zero-order chi connectivity index (χ0) is 13.2. The van der Waals surface area contributed by atoms with Gasteiger partial charge in [-0.3, -0.25) is 4.79 Å². The van der Waals surface area contributed by atoms with Gasteiger partial charge >= 0.3 is 0 Å². The SMILES string of the molecule is CC1(C)CSCC(Nc2ccccc2)(C(N)=O)C1. The van der Waals surface area contributed by atoms with Crippen molar-refractivity contribution < 1.29 is 4.79 Å². The summed E-state index contributed by atoms with van der Waals surface area (Å²) in [4.78, 5) is 11.9. The van der Waals surface area contributed by atoms with Gasteiger partial charge in [-0.2, -0.15) is 11.8 Å². The smallest absolute Gasteiger partial charge is 0.243 e. The van der Waals surface area contributed by atoms with Crippen LogP contribution < -0.4 is 11.1 Å². The molecule has 3 N–H and O–H groups in total. The molecule has 1 fully saturated rings. The molecule has 0 bridgehead atoms. The van der Waals surface area contributed by atoms with Gasteiger partial charge in [0, 0.05) is 11.4 Å². The van der Waals surface area contributed by atoms with Crippen LogP contribution in [0.15, 0.2) is 30.3 Å². The number of primary amides is 1. The summed E-state index contributed by atoms with van der Waals surface area (Å²) >= 11 is 1.79. The summed E-state index contributed by atoms with van der Waals surface area (Å²) in [5.41, 5.74) is 6.10. The number of amides is 1. The van der Waals surface area contributed by atoms with Crippen molar-refractivity contribution in [2.75, 3.05) is 16.8 Å². The van der Waals surface area contributed by atoms with Crippen molar-refractivity contribution in [1.82, 2.24) is 0 Å². The number of carbonyl (C=O) groups is 1. The molecule has 1 aliphatic rings. The summed E-state index contributed by atoms with van der Waals surface area (Å²) in [5.74, 6) is 1.55. The fraction of sp³-hybridized carbons (Fsp3) is 0.500. The lowest BCUT2D eigenvalue weighted by Crippen LogP contribution is -2.57. The van der Waals surface area contributed by atoms with Gasteiger partial charge in [-0.25, -0.2) is 0 Å². The fourth-order valence-corrected chi connectivity index (χ4v) is 3.94. The molecule has 1 heterocycles. The van der Waals surface area contributed by atoms with Gasteiger partial charge in [0.05, 0.1) is 0 Å². The third kappa shape index (κ3) is 2.80. The number of rotatable bonds is 3. The van der Waals surface area contributed by atoms with Gasteiger partial charge in [0.2, 0.25) is 5.91 Å². The van der Waals surface area contributed by atoms with Crippen LogP contribution in [0.1, 0.15) is 20.3 Å².